The number of hydrogen-bond donors (Lipinski definition) is 1. The topological polar surface area (TPSA) is 12.0 Å². The van der Waals surface area contributed by atoms with E-state index in [9.17, 15) is 4.39 Å². The summed E-state index contributed by atoms with van der Waals surface area (Å²) in [6, 6.07) is 5.15. The van der Waals surface area contributed by atoms with E-state index in [1.807, 2.05) is 6.07 Å². The first-order valence-corrected chi connectivity index (χ1v) is 5.23. The molecule has 0 bridgehead atoms. The lowest BCUT2D eigenvalue weighted by Gasteiger charge is -2.11. The van der Waals surface area contributed by atoms with E-state index < -0.39 is 0 Å². The van der Waals surface area contributed by atoms with Crippen LogP contribution in [0.4, 0.5) is 4.39 Å². The minimum Gasteiger partial charge on any atom is -0.316 e. The quantitative estimate of drug-likeness (QED) is 0.833. The molecule has 4 heteroatoms. The van der Waals surface area contributed by atoms with Crippen LogP contribution >= 0.6 is 28.3 Å². The molecule has 1 atom stereocenters. The van der Waals surface area contributed by atoms with Crippen molar-refractivity contribution in [2.24, 2.45) is 0 Å². The molecule has 0 aliphatic carbocycles. The Kier molecular flexibility index (Phi) is 4.35. The molecule has 78 valence electrons. The van der Waals surface area contributed by atoms with Crippen molar-refractivity contribution in [2.45, 2.75) is 12.3 Å². The van der Waals surface area contributed by atoms with E-state index in [1.165, 1.54) is 6.07 Å². The first-order chi connectivity index (χ1) is 6.29. The van der Waals surface area contributed by atoms with E-state index in [0.717, 1.165) is 29.5 Å². The molecule has 0 aromatic heterocycles. The van der Waals surface area contributed by atoms with Gasteiger partial charge in [-0.25, -0.2) is 4.39 Å². The van der Waals surface area contributed by atoms with Gasteiger partial charge < -0.3 is 5.32 Å². The Bertz CT molecular complexity index is 293. The van der Waals surface area contributed by atoms with Gasteiger partial charge in [-0.3, -0.25) is 0 Å². The molecular formula is C10H12BrClFN. The Balaban J connectivity index is 0.000000980. The molecule has 1 heterocycles. The molecular weight excluding hydrogens is 268 g/mol. The first-order valence-electron chi connectivity index (χ1n) is 4.43. The van der Waals surface area contributed by atoms with Crippen molar-refractivity contribution in [3.8, 4) is 0 Å². The second-order valence-electron chi connectivity index (χ2n) is 3.33. The third kappa shape index (κ3) is 2.27. The number of nitrogens with one attached hydrogen (secondary N) is 1. The molecule has 1 aromatic rings. The van der Waals surface area contributed by atoms with Gasteiger partial charge in [0.25, 0.3) is 0 Å². The van der Waals surface area contributed by atoms with E-state index in [-0.39, 0.29) is 18.2 Å². The molecule has 1 saturated heterocycles. The van der Waals surface area contributed by atoms with E-state index in [1.54, 1.807) is 6.07 Å². The third-order valence-corrected chi connectivity index (χ3v) is 3.16. The average Bonchev–Trinajstić information content (AvgIpc) is 2.57. The maximum Gasteiger partial charge on any atom is 0.127 e. The standard InChI is InChI=1S/C10H11BrFN.ClH/c11-8-2-1-3-9(12)10(8)7-4-5-13-6-7;/h1-3,7,13H,4-6H2;1H. The van der Waals surface area contributed by atoms with Crippen LogP contribution in [0.3, 0.4) is 0 Å². The summed E-state index contributed by atoms with van der Waals surface area (Å²) in [7, 11) is 0. The second kappa shape index (κ2) is 5.10. The third-order valence-electron chi connectivity index (χ3n) is 2.47. The van der Waals surface area contributed by atoms with Crippen LogP contribution in [0, 0.1) is 5.82 Å². The van der Waals surface area contributed by atoms with Crippen molar-refractivity contribution in [3.63, 3.8) is 0 Å². The van der Waals surface area contributed by atoms with Crippen molar-refractivity contribution >= 4 is 28.3 Å². The summed E-state index contributed by atoms with van der Waals surface area (Å²) in [5.74, 6) is 0.235. The Hall–Kier alpha value is -0.120. The number of hydrogen-bond acceptors (Lipinski definition) is 1. The smallest absolute Gasteiger partial charge is 0.127 e. The van der Waals surface area contributed by atoms with Crippen LogP contribution in [0.5, 0.6) is 0 Å². The normalized spacial score (nSPS) is 20.6. The molecule has 0 amide bonds. The van der Waals surface area contributed by atoms with E-state index in [4.69, 9.17) is 0 Å². The van der Waals surface area contributed by atoms with Crippen molar-refractivity contribution < 1.29 is 4.39 Å². The van der Waals surface area contributed by atoms with Gasteiger partial charge in [0.2, 0.25) is 0 Å². The predicted octanol–water partition coefficient (Wildman–Crippen LogP) is 3.09. The predicted molar refractivity (Wildman–Crippen MR) is 61.6 cm³/mol. The first kappa shape index (κ1) is 12.0. The SMILES string of the molecule is Cl.Fc1cccc(Br)c1C1CCNC1. The van der Waals surface area contributed by atoms with Gasteiger partial charge in [0, 0.05) is 22.5 Å². The Morgan fingerprint density at radius 2 is 2.21 bits per heavy atom. The van der Waals surface area contributed by atoms with E-state index in [0.29, 0.717) is 5.92 Å². The van der Waals surface area contributed by atoms with Crippen LogP contribution in [0.2, 0.25) is 0 Å². The molecule has 1 N–H and O–H groups in total. The van der Waals surface area contributed by atoms with Crippen molar-refractivity contribution in [3.05, 3.63) is 34.1 Å². The van der Waals surface area contributed by atoms with Gasteiger partial charge in [-0.1, -0.05) is 22.0 Å². The minimum atomic E-state index is -0.0944. The molecule has 1 aliphatic rings. The van der Waals surface area contributed by atoms with Gasteiger partial charge in [0.05, 0.1) is 0 Å². The molecule has 1 aromatic carbocycles. The highest BCUT2D eigenvalue weighted by molar-refractivity contribution is 9.10. The molecule has 0 radical (unpaired) electrons. The van der Waals surface area contributed by atoms with Gasteiger partial charge >= 0.3 is 0 Å². The summed E-state index contributed by atoms with van der Waals surface area (Å²) in [6.45, 7) is 1.88. The zero-order valence-electron chi connectivity index (χ0n) is 7.59. The molecule has 0 saturated carbocycles. The monoisotopic (exact) mass is 279 g/mol. The number of rotatable bonds is 1. The lowest BCUT2D eigenvalue weighted by atomic mass is 9.98. The maximum atomic E-state index is 13.4. The molecule has 1 aliphatic heterocycles. The Morgan fingerprint density at radius 3 is 2.79 bits per heavy atom. The Labute approximate surface area is 97.6 Å². The Morgan fingerprint density at radius 1 is 1.43 bits per heavy atom. The fraction of sp³-hybridized carbons (Fsp3) is 0.400. The summed E-state index contributed by atoms with van der Waals surface area (Å²) in [5.41, 5.74) is 0.826. The van der Waals surface area contributed by atoms with Crippen LogP contribution in [0.25, 0.3) is 0 Å². The zero-order valence-corrected chi connectivity index (χ0v) is 10.00. The van der Waals surface area contributed by atoms with Crippen LogP contribution in [-0.4, -0.2) is 13.1 Å². The van der Waals surface area contributed by atoms with Crippen LogP contribution in [0.15, 0.2) is 22.7 Å². The number of halogens is 3. The second-order valence-corrected chi connectivity index (χ2v) is 4.18. The van der Waals surface area contributed by atoms with Crippen LogP contribution in [-0.2, 0) is 0 Å². The molecule has 1 unspecified atom stereocenters. The fourth-order valence-corrected chi connectivity index (χ4v) is 2.47. The van der Waals surface area contributed by atoms with Gasteiger partial charge in [0.1, 0.15) is 5.82 Å². The molecule has 1 nitrogen and oxygen atoms in total. The summed E-state index contributed by atoms with van der Waals surface area (Å²) >= 11 is 3.39. The highest BCUT2D eigenvalue weighted by Gasteiger charge is 2.21. The maximum absolute atomic E-state index is 13.4. The van der Waals surface area contributed by atoms with Gasteiger partial charge in [-0.2, -0.15) is 0 Å². The number of benzene rings is 1. The molecule has 1 fully saturated rings. The van der Waals surface area contributed by atoms with E-state index in [2.05, 4.69) is 21.2 Å². The summed E-state index contributed by atoms with van der Waals surface area (Å²) in [5, 5.41) is 3.24. The van der Waals surface area contributed by atoms with Crippen molar-refractivity contribution in [1.82, 2.24) is 5.32 Å². The minimum absolute atomic E-state index is 0. The summed E-state index contributed by atoms with van der Waals surface area (Å²) in [4.78, 5) is 0. The van der Waals surface area contributed by atoms with Crippen LogP contribution in [0.1, 0.15) is 17.9 Å². The van der Waals surface area contributed by atoms with E-state index >= 15 is 0 Å². The highest BCUT2D eigenvalue weighted by Crippen LogP contribution is 2.31. The molecule has 14 heavy (non-hydrogen) atoms. The summed E-state index contributed by atoms with van der Waals surface area (Å²) in [6.07, 6.45) is 1.03. The lowest BCUT2D eigenvalue weighted by molar-refractivity contribution is 0.586. The highest BCUT2D eigenvalue weighted by atomic mass is 79.9. The van der Waals surface area contributed by atoms with Crippen LogP contribution < -0.4 is 5.32 Å². The van der Waals surface area contributed by atoms with Gasteiger partial charge in [0.15, 0.2) is 0 Å². The molecule has 0 spiro atoms. The van der Waals surface area contributed by atoms with Crippen molar-refractivity contribution in [1.29, 1.82) is 0 Å². The molecule has 2 rings (SSSR count). The summed E-state index contributed by atoms with van der Waals surface area (Å²) < 4.78 is 14.3. The fourth-order valence-electron chi connectivity index (χ4n) is 1.80. The largest absolute Gasteiger partial charge is 0.316 e. The van der Waals surface area contributed by atoms with Gasteiger partial charge in [-0.15, -0.1) is 12.4 Å². The van der Waals surface area contributed by atoms with Crippen molar-refractivity contribution in [2.75, 3.05) is 13.1 Å². The lowest BCUT2D eigenvalue weighted by Crippen LogP contribution is -2.09. The zero-order chi connectivity index (χ0) is 9.26. The van der Waals surface area contributed by atoms with Gasteiger partial charge in [-0.05, 0) is 25.1 Å². The average molecular weight is 281 g/mol.